The Labute approximate surface area is 128 Å². The molecular formula is C15H19N5O2. The molecule has 1 saturated carbocycles. The SMILES string of the molecule is O=C(NC1CC1)c1cc2n(n1)CCN(C(=O)C1C=CCN1)C2. The monoisotopic (exact) mass is 301 g/mol. The molecule has 0 bridgehead atoms. The van der Waals surface area contributed by atoms with Crippen LogP contribution < -0.4 is 10.6 Å². The van der Waals surface area contributed by atoms with Crippen molar-refractivity contribution in [3.63, 3.8) is 0 Å². The summed E-state index contributed by atoms with van der Waals surface area (Å²) in [6.07, 6.45) is 5.99. The number of hydrogen-bond donors (Lipinski definition) is 2. The minimum absolute atomic E-state index is 0.0881. The topological polar surface area (TPSA) is 79.3 Å². The van der Waals surface area contributed by atoms with Gasteiger partial charge in [-0.3, -0.25) is 19.6 Å². The number of carbonyl (C=O) groups excluding carboxylic acids is 2. The molecule has 116 valence electrons. The Balaban J connectivity index is 1.46. The van der Waals surface area contributed by atoms with Crippen molar-refractivity contribution in [3.8, 4) is 0 Å². The fraction of sp³-hybridized carbons (Fsp3) is 0.533. The molecule has 7 heteroatoms. The molecular weight excluding hydrogens is 282 g/mol. The lowest BCUT2D eigenvalue weighted by Gasteiger charge is -2.29. The van der Waals surface area contributed by atoms with Gasteiger partial charge in [0.05, 0.1) is 18.8 Å². The molecule has 0 aromatic carbocycles. The third-order valence-corrected chi connectivity index (χ3v) is 4.30. The molecule has 1 aliphatic carbocycles. The van der Waals surface area contributed by atoms with Gasteiger partial charge in [0.1, 0.15) is 6.04 Å². The Morgan fingerprint density at radius 2 is 2.18 bits per heavy atom. The predicted octanol–water partition coefficient (Wildman–Crippen LogP) is -0.354. The lowest BCUT2D eigenvalue weighted by molar-refractivity contribution is -0.133. The molecule has 7 nitrogen and oxygen atoms in total. The van der Waals surface area contributed by atoms with Gasteiger partial charge in [-0.25, -0.2) is 0 Å². The molecule has 2 aliphatic heterocycles. The van der Waals surface area contributed by atoms with Crippen LogP contribution in [0, 0.1) is 0 Å². The van der Waals surface area contributed by atoms with E-state index in [0.29, 0.717) is 31.4 Å². The zero-order chi connectivity index (χ0) is 15.1. The van der Waals surface area contributed by atoms with Gasteiger partial charge in [-0.05, 0) is 18.9 Å². The second-order valence-electron chi connectivity index (χ2n) is 6.07. The molecule has 4 rings (SSSR count). The molecule has 1 aromatic heterocycles. The number of hydrogen-bond acceptors (Lipinski definition) is 4. The smallest absolute Gasteiger partial charge is 0.272 e. The van der Waals surface area contributed by atoms with Crippen molar-refractivity contribution >= 4 is 11.8 Å². The summed E-state index contributed by atoms with van der Waals surface area (Å²) in [5.41, 5.74) is 1.37. The molecule has 1 aromatic rings. The van der Waals surface area contributed by atoms with Gasteiger partial charge in [-0.1, -0.05) is 12.2 Å². The third kappa shape index (κ3) is 2.52. The van der Waals surface area contributed by atoms with Gasteiger partial charge in [-0.15, -0.1) is 0 Å². The first-order chi connectivity index (χ1) is 10.7. The van der Waals surface area contributed by atoms with E-state index in [-0.39, 0.29) is 17.9 Å². The Hall–Kier alpha value is -2.15. The normalized spacial score (nSPS) is 23.5. The Morgan fingerprint density at radius 3 is 2.91 bits per heavy atom. The van der Waals surface area contributed by atoms with Gasteiger partial charge in [0, 0.05) is 19.1 Å². The highest BCUT2D eigenvalue weighted by molar-refractivity contribution is 5.92. The first-order valence-corrected chi connectivity index (χ1v) is 7.77. The van der Waals surface area contributed by atoms with Crippen molar-refractivity contribution in [1.29, 1.82) is 0 Å². The van der Waals surface area contributed by atoms with E-state index in [1.54, 1.807) is 6.07 Å². The van der Waals surface area contributed by atoms with E-state index < -0.39 is 0 Å². The average Bonchev–Trinajstić information content (AvgIpc) is 3.05. The molecule has 1 fully saturated rings. The van der Waals surface area contributed by atoms with Crippen LogP contribution in [0.3, 0.4) is 0 Å². The zero-order valence-corrected chi connectivity index (χ0v) is 12.3. The maximum atomic E-state index is 12.4. The molecule has 22 heavy (non-hydrogen) atoms. The first-order valence-electron chi connectivity index (χ1n) is 7.77. The second-order valence-corrected chi connectivity index (χ2v) is 6.07. The molecule has 0 spiro atoms. The molecule has 3 heterocycles. The van der Waals surface area contributed by atoms with E-state index in [0.717, 1.165) is 25.1 Å². The van der Waals surface area contributed by atoms with Gasteiger partial charge < -0.3 is 10.2 Å². The molecule has 3 aliphatic rings. The number of fused-ring (bicyclic) bond motifs is 1. The summed E-state index contributed by atoms with van der Waals surface area (Å²) in [6.45, 7) is 2.51. The summed E-state index contributed by atoms with van der Waals surface area (Å²) in [7, 11) is 0. The molecule has 1 unspecified atom stereocenters. The number of carbonyl (C=O) groups is 2. The summed E-state index contributed by atoms with van der Waals surface area (Å²) in [5.74, 6) is -0.0205. The zero-order valence-electron chi connectivity index (χ0n) is 12.3. The van der Waals surface area contributed by atoms with E-state index in [2.05, 4.69) is 15.7 Å². The summed E-state index contributed by atoms with van der Waals surface area (Å²) >= 11 is 0. The second kappa shape index (κ2) is 5.24. The predicted molar refractivity (Wildman–Crippen MR) is 79.1 cm³/mol. The van der Waals surface area contributed by atoms with Crippen LogP contribution in [0.1, 0.15) is 29.0 Å². The van der Waals surface area contributed by atoms with Crippen LogP contribution >= 0.6 is 0 Å². The minimum Gasteiger partial charge on any atom is -0.348 e. The highest BCUT2D eigenvalue weighted by Gasteiger charge is 2.29. The van der Waals surface area contributed by atoms with Crippen molar-refractivity contribution in [1.82, 2.24) is 25.3 Å². The van der Waals surface area contributed by atoms with Gasteiger partial charge in [-0.2, -0.15) is 5.10 Å². The number of nitrogens with zero attached hydrogens (tertiary/aromatic N) is 3. The standard InChI is InChI=1S/C15H19N5O2/c21-14(17-10-3-4-10)13-8-11-9-19(6-7-20(11)18-13)15(22)12-2-1-5-16-12/h1-2,8,10,12,16H,3-7,9H2,(H,17,21). The number of aromatic nitrogens is 2. The van der Waals surface area contributed by atoms with Gasteiger partial charge in [0.2, 0.25) is 5.91 Å². The van der Waals surface area contributed by atoms with E-state index in [1.165, 1.54) is 0 Å². The van der Waals surface area contributed by atoms with Crippen LogP contribution in [-0.4, -0.2) is 51.7 Å². The molecule has 0 radical (unpaired) electrons. The van der Waals surface area contributed by atoms with E-state index in [9.17, 15) is 9.59 Å². The van der Waals surface area contributed by atoms with Crippen molar-refractivity contribution in [2.24, 2.45) is 0 Å². The highest BCUT2D eigenvalue weighted by atomic mass is 16.2. The van der Waals surface area contributed by atoms with E-state index in [1.807, 2.05) is 21.7 Å². The largest absolute Gasteiger partial charge is 0.348 e. The number of rotatable bonds is 3. The molecule has 2 amide bonds. The Kier molecular flexibility index (Phi) is 3.22. The van der Waals surface area contributed by atoms with Gasteiger partial charge >= 0.3 is 0 Å². The Bertz CT molecular complexity index is 646. The fourth-order valence-electron chi connectivity index (χ4n) is 2.89. The van der Waals surface area contributed by atoms with Gasteiger partial charge in [0.25, 0.3) is 5.91 Å². The number of nitrogens with one attached hydrogen (secondary N) is 2. The van der Waals surface area contributed by atoms with Crippen LogP contribution in [-0.2, 0) is 17.9 Å². The molecule has 0 saturated heterocycles. The van der Waals surface area contributed by atoms with Crippen molar-refractivity contribution in [2.45, 2.75) is 38.0 Å². The molecule has 1 atom stereocenters. The van der Waals surface area contributed by atoms with Crippen LogP contribution in [0.5, 0.6) is 0 Å². The van der Waals surface area contributed by atoms with Crippen LogP contribution in [0.25, 0.3) is 0 Å². The first kappa shape index (κ1) is 13.5. The summed E-state index contributed by atoms with van der Waals surface area (Å²) in [4.78, 5) is 26.3. The lowest BCUT2D eigenvalue weighted by atomic mass is 10.2. The number of amides is 2. The van der Waals surface area contributed by atoms with Crippen LogP contribution in [0.4, 0.5) is 0 Å². The summed E-state index contributed by atoms with van der Waals surface area (Å²) in [6, 6.07) is 1.91. The Morgan fingerprint density at radius 1 is 1.32 bits per heavy atom. The van der Waals surface area contributed by atoms with E-state index >= 15 is 0 Å². The van der Waals surface area contributed by atoms with Crippen molar-refractivity contribution in [2.75, 3.05) is 13.1 Å². The van der Waals surface area contributed by atoms with Crippen LogP contribution in [0.15, 0.2) is 18.2 Å². The minimum atomic E-state index is -0.216. The molecule has 2 N–H and O–H groups in total. The quantitative estimate of drug-likeness (QED) is 0.748. The maximum absolute atomic E-state index is 12.4. The van der Waals surface area contributed by atoms with E-state index in [4.69, 9.17) is 0 Å². The van der Waals surface area contributed by atoms with Crippen molar-refractivity contribution in [3.05, 3.63) is 29.6 Å². The summed E-state index contributed by atoms with van der Waals surface area (Å²) in [5, 5.41) is 10.4. The lowest BCUT2D eigenvalue weighted by Crippen LogP contribution is -2.46. The highest BCUT2D eigenvalue weighted by Crippen LogP contribution is 2.20. The van der Waals surface area contributed by atoms with Gasteiger partial charge in [0.15, 0.2) is 5.69 Å². The fourth-order valence-corrected chi connectivity index (χ4v) is 2.89. The van der Waals surface area contributed by atoms with Crippen LogP contribution in [0.2, 0.25) is 0 Å². The summed E-state index contributed by atoms with van der Waals surface area (Å²) < 4.78 is 1.84. The average molecular weight is 301 g/mol. The maximum Gasteiger partial charge on any atom is 0.272 e. The van der Waals surface area contributed by atoms with Crippen molar-refractivity contribution < 1.29 is 9.59 Å². The third-order valence-electron chi connectivity index (χ3n) is 4.30.